The molecule has 0 aromatic heterocycles. The summed E-state index contributed by atoms with van der Waals surface area (Å²) in [6.45, 7) is 3.66. The van der Waals surface area contributed by atoms with Crippen LogP contribution in [0.15, 0.2) is 11.8 Å². The molecule has 0 rings (SSSR count). The first-order valence-electron chi connectivity index (χ1n) is 2.09. The summed E-state index contributed by atoms with van der Waals surface area (Å²) in [6, 6.07) is 0. The SMILES string of the molecule is CC=C(C)OC=N. The fraction of sp³-hybridized carbons (Fsp3) is 0.400. The van der Waals surface area contributed by atoms with Gasteiger partial charge in [-0.15, -0.1) is 0 Å². The lowest BCUT2D eigenvalue weighted by Gasteiger charge is -1.91. The molecule has 0 spiro atoms. The zero-order valence-electron chi connectivity index (χ0n) is 4.56. The maximum absolute atomic E-state index is 6.45. The number of allylic oxidation sites excluding steroid dienone is 2. The Morgan fingerprint density at radius 2 is 2.29 bits per heavy atom. The minimum absolute atomic E-state index is 0.759. The van der Waals surface area contributed by atoms with Crippen LogP contribution in [0, 0.1) is 5.41 Å². The highest BCUT2D eigenvalue weighted by Gasteiger charge is 1.76. The molecule has 2 nitrogen and oxygen atoms in total. The maximum Gasteiger partial charge on any atom is 0.173 e. The van der Waals surface area contributed by atoms with Gasteiger partial charge in [-0.25, -0.2) is 0 Å². The average Bonchev–Trinajstić information content (AvgIpc) is 1.68. The Balaban J connectivity index is 3.36. The van der Waals surface area contributed by atoms with Crippen molar-refractivity contribution in [2.45, 2.75) is 13.8 Å². The van der Waals surface area contributed by atoms with Gasteiger partial charge in [0.1, 0.15) is 0 Å². The molecule has 2 heteroatoms. The summed E-state index contributed by atoms with van der Waals surface area (Å²) in [6.07, 6.45) is 2.71. The molecule has 0 heterocycles. The van der Waals surface area contributed by atoms with Crippen molar-refractivity contribution < 1.29 is 4.74 Å². The van der Waals surface area contributed by atoms with E-state index in [1.54, 1.807) is 13.0 Å². The van der Waals surface area contributed by atoms with Gasteiger partial charge in [-0.2, -0.15) is 0 Å². The van der Waals surface area contributed by atoms with Crippen LogP contribution in [0.2, 0.25) is 0 Å². The zero-order valence-corrected chi connectivity index (χ0v) is 4.56. The molecule has 0 unspecified atom stereocenters. The third-order valence-corrected chi connectivity index (χ3v) is 0.651. The minimum atomic E-state index is 0.759. The highest BCUT2D eigenvalue weighted by Crippen LogP contribution is 1.88. The highest BCUT2D eigenvalue weighted by atomic mass is 16.5. The molecule has 0 saturated heterocycles. The number of ether oxygens (including phenoxy) is 1. The van der Waals surface area contributed by atoms with Crippen molar-refractivity contribution in [1.82, 2.24) is 0 Å². The van der Waals surface area contributed by atoms with Gasteiger partial charge in [0, 0.05) is 0 Å². The van der Waals surface area contributed by atoms with Gasteiger partial charge in [-0.3, -0.25) is 5.41 Å². The molecule has 40 valence electrons. The Bertz CT molecular complexity index is 86.1. The lowest BCUT2D eigenvalue weighted by Crippen LogP contribution is -1.79. The summed E-state index contributed by atoms with van der Waals surface area (Å²) in [5.74, 6) is 0.759. The zero-order chi connectivity index (χ0) is 5.70. The second-order valence-electron chi connectivity index (χ2n) is 1.14. The van der Waals surface area contributed by atoms with E-state index in [0.29, 0.717) is 0 Å². The van der Waals surface area contributed by atoms with E-state index in [4.69, 9.17) is 5.41 Å². The second kappa shape index (κ2) is 3.40. The first-order chi connectivity index (χ1) is 3.31. The number of rotatable bonds is 2. The number of hydrogen-bond donors (Lipinski definition) is 1. The molecule has 0 aromatic rings. The van der Waals surface area contributed by atoms with Crippen LogP contribution in [0.5, 0.6) is 0 Å². The Labute approximate surface area is 43.3 Å². The van der Waals surface area contributed by atoms with Gasteiger partial charge in [0.05, 0.1) is 5.76 Å². The summed E-state index contributed by atoms with van der Waals surface area (Å²) in [4.78, 5) is 0. The van der Waals surface area contributed by atoms with Crippen LogP contribution in [0.1, 0.15) is 13.8 Å². The third-order valence-electron chi connectivity index (χ3n) is 0.651. The summed E-state index contributed by atoms with van der Waals surface area (Å²) in [5.41, 5.74) is 0. The highest BCUT2D eigenvalue weighted by molar-refractivity contribution is 5.43. The largest absolute Gasteiger partial charge is 0.451 e. The number of hydrogen-bond acceptors (Lipinski definition) is 2. The van der Waals surface area contributed by atoms with Gasteiger partial charge < -0.3 is 4.74 Å². The van der Waals surface area contributed by atoms with Crippen LogP contribution in [-0.4, -0.2) is 6.40 Å². The van der Waals surface area contributed by atoms with Gasteiger partial charge in [-0.05, 0) is 19.9 Å². The van der Waals surface area contributed by atoms with Crippen LogP contribution < -0.4 is 0 Å². The molecular formula is C5H9NO. The molecule has 0 saturated carbocycles. The van der Waals surface area contributed by atoms with Crippen molar-refractivity contribution in [3.63, 3.8) is 0 Å². The van der Waals surface area contributed by atoms with E-state index in [9.17, 15) is 0 Å². The molecule has 0 aromatic carbocycles. The van der Waals surface area contributed by atoms with Crippen molar-refractivity contribution in [2.75, 3.05) is 0 Å². The molecule has 0 atom stereocenters. The molecule has 0 aliphatic rings. The van der Waals surface area contributed by atoms with Crippen LogP contribution in [0.25, 0.3) is 0 Å². The van der Waals surface area contributed by atoms with Crippen molar-refractivity contribution in [3.05, 3.63) is 11.8 Å². The lowest BCUT2D eigenvalue weighted by atomic mass is 10.5. The fourth-order valence-electron chi connectivity index (χ4n) is 0.161. The quantitative estimate of drug-likeness (QED) is 0.318. The van der Waals surface area contributed by atoms with Gasteiger partial charge >= 0.3 is 0 Å². The molecule has 0 radical (unpaired) electrons. The van der Waals surface area contributed by atoms with Crippen LogP contribution in [0.3, 0.4) is 0 Å². The molecule has 0 aliphatic heterocycles. The van der Waals surface area contributed by atoms with E-state index in [1.165, 1.54) is 0 Å². The first-order valence-corrected chi connectivity index (χ1v) is 2.09. The summed E-state index contributed by atoms with van der Waals surface area (Å²) in [7, 11) is 0. The lowest BCUT2D eigenvalue weighted by molar-refractivity contribution is 0.432. The van der Waals surface area contributed by atoms with Crippen molar-refractivity contribution >= 4 is 6.40 Å². The van der Waals surface area contributed by atoms with Crippen LogP contribution >= 0.6 is 0 Å². The standard InChI is InChI=1S/C5H9NO/c1-3-5(2)7-4-6/h3-4,6H,1-2H3. The van der Waals surface area contributed by atoms with E-state index < -0.39 is 0 Å². The Kier molecular flexibility index (Phi) is 3.02. The van der Waals surface area contributed by atoms with Crippen molar-refractivity contribution in [1.29, 1.82) is 5.41 Å². The topological polar surface area (TPSA) is 33.1 Å². The minimum Gasteiger partial charge on any atom is -0.451 e. The van der Waals surface area contributed by atoms with Gasteiger partial charge in [0.2, 0.25) is 0 Å². The van der Waals surface area contributed by atoms with E-state index >= 15 is 0 Å². The van der Waals surface area contributed by atoms with Gasteiger partial charge in [0.15, 0.2) is 6.40 Å². The Morgan fingerprint density at radius 1 is 1.71 bits per heavy atom. The average molecular weight is 99.1 g/mol. The fourth-order valence-corrected chi connectivity index (χ4v) is 0.161. The third kappa shape index (κ3) is 3.03. The van der Waals surface area contributed by atoms with Gasteiger partial charge in [-0.1, -0.05) is 0 Å². The van der Waals surface area contributed by atoms with E-state index in [0.717, 1.165) is 12.2 Å². The number of nitrogens with one attached hydrogen (secondary N) is 1. The predicted octanol–water partition coefficient (Wildman–Crippen LogP) is 1.53. The summed E-state index contributed by atoms with van der Waals surface area (Å²) in [5, 5.41) is 6.45. The van der Waals surface area contributed by atoms with Crippen molar-refractivity contribution in [2.24, 2.45) is 0 Å². The molecule has 1 N–H and O–H groups in total. The maximum atomic E-state index is 6.45. The molecule has 0 aliphatic carbocycles. The molecule has 7 heavy (non-hydrogen) atoms. The van der Waals surface area contributed by atoms with Crippen LogP contribution in [0.4, 0.5) is 0 Å². The smallest absolute Gasteiger partial charge is 0.173 e. The predicted molar refractivity (Wildman–Crippen MR) is 29.3 cm³/mol. The monoisotopic (exact) mass is 99.1 g/mol. The molecule has 0 amide bonds. The molecule has 0 fully saturated rings. The van der Waals surface area contributed by atoms with E-state index in [1.807, 2.05) is 6.92 Å². The van der Waals surface area contributed by atoms with Crippen LogP contribution in [-0.2, 0) is 4.74 Å². The molecule has 0 bridgehead atoms. The van der Waals surface area contributed by atoms with Gasteiger partial charge in [0.25, 0.3) is 0 Å². The summed E-state index contributed by atoms with van der Waals surface area (Å²) < 4.78 is 4.59. The second-order valence-corrected chi connectivity index (χ2v) is 1.14. The normalized spacial score (nSPS) is 10.9. The Hall–Kier alpha value is -0.790. The molecular weight excluding hydrogens is 90.1 g/mol. The van der Waals surface area contributed by atoms with E-state index in [2.05, 4.69) is 4.74 Å². The van der Waals surface area contributed by atoms with E-state index in [-0.39, 0.29) is 0 Å². The van der Waals surface area contributed by atoms with Crippen molar-refractivity contribution in [3.8, 4) is 0 Å². The first kappa shape index (κ1) is 6.21. The summed E-state index contributed by atoms with van der Waals surface area (Å²) >= 11 is 0. The Morgan fingerprint density at radius 3 is 2.43 bits per heavy atom.